The molecule has 0 heterocycles. The van der Waals surface area contributed by atoms with Crippen molar-refractivity contribution in [3.05, 3.63) is 83.7 Å². The number of aryl methyl sites for hydroxylation is 1. The molecule has 0 unspecified atom stereocenters. The van der Waals surface area contributed by atoms with E-state index in [0.717, 1.165) is 23.8 Å². The van der Waals surface area contributed by atoms with Crippen LogP contribution in [0.25, 0.3) is 0 Å². The molecule has 1 amide bonds. The summed E-state index contributed by atoms with van der Waals surface area (Å²) in [5.74, 6) is -0.988. The molecule has 0 spiro atoms. The van der Waals surface area contributed by atoms with Crippen molar-refractivity contribution >= 4 is 27.3 Å². The van der Waals surface area contributed by atoms with Gasteiger partial charge >= 0.3 is 0 Å². The lowest BCUT2D eigenvalue weighted by atomic mass is 10.1. The second kappa shape index (κ2) is 8.32. The molecule has 150 valence electrons. The van der Waals surface area contributed by atoms with Crippen LogP contribution in [0.3, 0.4) is 0 Å². The second-order valence-electron chi connectivity index (χ2n) is 6.30. The predicted octanol–water partition coefficient (Wildman–Crippen LogP) is 4.20. The fourth-order valence-corrected chi connectivity index (χ4v) is 3.72. The number of hydrogen-bond donors (Lipinski definition) is 2. The lowest BCUT2D eigenvalue weighted by Gasteiger charge is -2.11. The van der Waals surface area contributed by atoms with Crippen molar-refractivity contribution in [1.82, 2.24) is 0 Å². The van der Waals surface area contributed by atoms with E-state index in [-0.39, 0.29) is 10.5 Å². The highest BCUT2D eigenvalue weighted by atomic mass is 32.2. The van der Waals surface area contributed by atoms with Gasteiger partial charge in [0.25, 0.3) is 15.9 Å². The highest BCUT2D eigenvalue weighted by Gasteiger charge is 2.20. The van der Waals surface area contributed by atoms with Gasteiger partial charge < -0.3 is 10.1 Å². The van der Waals surface area contributed by atoms with Crippen LogP contribution in [0.4, 0.5) is 15.8 Å². The summed E-state index contributed by atoms with van der Waals surface area (Å²) >= 11 is 0. The van der Waals surface area contributed by atoms with Gasteiger partial charge in [0.15, 0.2) is 0 Å². The first-order chi connectivity index (χ1) is 13.8. The van der Waals surface area contributed by atoms with Gasteiger partial charge in [-0.2, -0.15) is 0 Å². The summed E-state index contributed by atoms with van der Waals surface area (Å²) in [4.78, 5) is 12.2. The maximum atomic E-state index is 14.2. The van der Waals surface area contributed by atoms with Gasteiger partial charge in [-0.15, -0.1) is 0 Å². The molecule has 0 saturated heterocycles. The number of benzene rings is 3. The molecule has 3 rings (SSSR count). The fraction of sp³-hybridized carbons (Fsp3) is 0.0952. The number of nitrogens with one attached hydrogen (secondary N) is 2. The molecule has 0 atom stereocenters. The number of halogens is 1. The Balaban J connectivity index is 1.85. The molecule has 0 saturated carbocycles. The zero-order valence-corrected chi connectivity index (χ0v) is 16.6. The van der Waals surface area contributed by atoms with Crippen molar-refractivity contribution in [3.63, 3.8) is 0 Å². The van der Waals surface area contributed by atoms with E-state index in [2.05, 4.69) is 10.0 Å². The Morgan fingerprint density at radius 2 is 1.69 bits per heavy atom. The number of amides is 1. The normalized spacial score (nSPS) is 11.0. The number of ether oxygens (including phenoxy) is 1. The molecule has 2 N–H and O–H groups in total. The molecule has 3 aromatic rings. The number of carbonyl (C=O) groups is 1. The van der Waals surface area contributed by atoms with E-state index in [1.807, 2.05) is 13.0 Å². The Kier molecular flexibility index (Phi) is 5.84. The number of hydrogen-bond acceptors (Lipinski definition) is 4. The molecule has 0 radical (unpaired) electrons. The first kappa shape index (κ1) is 20.3. The summed E-state index contributed by atoms with van der Waals surface area (Å²) in [7, 11) is -2.52. The monoisotopic (exact) mass is 414 g/mol. The summed E-state index contributed by atoms with van der Waals surface area (Å²) in [6.45, 7) is 1.86. The zero-order valence-electron chi connectivity index (χ0n) is 15.8. The quantitative estimate of drug-likeness (QED) is 0.633. The fourth-order valence-electron chi connectivity index (χ4n) is 2.64. The zero-order chi connectivity index (χ0) is 21.0. The molecule has 0 aromatic heterocycles. The summed E-state index contributed by atoms with van der Waals surface area (Å²) in [6.07, 6.45) is 0. The molecule has 0 aliphatic heterocycles. The van der Waals surface area contributed by atoms with Gasteiger partial charge in [-0.1, -0.05) is 12.1 Å². The minimum absolute atomic E-state index is 0.232. The van der Waals surface area contributed by atoms with Crippen LogP contribution in [-0.4, -0.2) is 21.4 Å². The molecule has 6 nitrogen and oxygen atoms in total. The Labute approximate surface area is 168 Å². The van der Waals surface area contributed by atoms with Crippen LogP contribution < -0.4 is 14.8 Å². The molecule has 0 aliphatic rings. The summed E-state index contributed by atoms with van der Waals surface area (Å²) < 4.78 is 46.9. The van der Waals surface area contributed by atoms with Crippen molar-refractivity contribution in [1.29, 1.82) is 0 Å². The van der Waals surface area contributed by atoms with Gasteiger partial charge in [0.1, 0.15) is 11.6 Å². The molecule has 0 aliphatic carbocycles. The molecule has 0 bridgehead atoms. The van der Waals surface area contributed by atoms with Gasteiger partial charge in [-0.3, -0.25) is 9.52 Å². The van der Waals surface area contributed by atoms with Gasteiger partial charge in [0.05, 0.1) is 17.6 Å². The minimum atomic E-state index is -4.02. The standard InChI is InChI=1S/C21H19FN2O4S/c1-14-4-3-5-16(12-14)23-21(25)19-13-18(10-11-20(19)22)29(26,27)24-15-6-8-17(28-2)9-7-15/h3-13,24H,1-2H3,(H,23,25). The average Bonchev–Trinajstić information content (AvgIpc) is 2.68. The van der Waals surface area contributed by atoms with Gasteiger partial charge in [-0.25, -0.2) is 12.8 Å². The van der Waals surface area contributed by atoms with Crippen LogP contribution in [0, 0.1) is 12.7 Å². The van der Waals surface area contributed by atoms with Crippen molar-refractivity contribution in [2.24, 2.45) is 0 Å². The highest BCUT2D eigenvalue weighted by Crippen LogP contribution is 2.22. The van der Waals surface area contributed by atoms with Gasteiger partial charge in [0, 0.05) is 11.4 Å². The SMILES string of the molecule is COc1ccc(NS(=O)(=O)c2ccc(F)c(C(=O)Nc3cccc(C)c3)c2)cc1. The topological polar surface area (TPSA) is 84.5 Å². The van der Waals surface area contributed by atoms with E-state index in [9.17, 15) is 17.6 Å². The summed E-state index contributed by atoms with van der Waals surface area (Å²) in [6, 6.07) is 16.3. The number of methoxy groups -OCH3 is 1. The van der Waals surface area contributed by atoms with Crippen molar-refractivity contribution in [3.8, 4) is 5.75 Å². The Bertz CT molecular complexity index is 1150. The maximum Gasteiger partial charge on any atom is 0.261 e. The molecule has 0 fully saturated rings. The number of sulfonamides is 1. The first-order valence-corrected chi connectivity index (χ1v) is 10.1. The lowest BCUT2D eigenvalue weighted by molar-refractivity contribution is 0.102. The number of rotatable bonds is 6. The minimum Gasteiger partial charge on any atom is -0.497 e. The van der Waals surface area contributed by atoms with Gasteiger partial charge in [0.2, 0.25) is 0 Å². The van der Waals surface area contributed by atoms with Crippen LogP contribution in [0.5, 0.6) is 5.75 Å². The second-order valence-corrected chi connectivity index (χ2v) is 7.98. The largest absolute Gasteiger partial charge is 0.497 e. The summed E-state index contributed by atoms with van der Waals surface area (Å²) in [5.41, 5.74) is 1.34. The summed E-state index contributed by atoms with van der Waals surface area (Å²) in [5, 5.41) is 2.57. The van der Waals surface area contributed by atoms with Crippen LogP contribution in [0.1, 0.15) is 15.9 Å². The van der Waals surface area contributed by atoms with E-state index in [1.165, 1.54) is 19.2 Å². The average molecular weight is 414 g/mol. The van der Waals surface area contributed by atoms with E-state index in [0.29, 0.717) is 17.1 Å². The Hall–Kier alpha value is -3.39. The van der Waals surface area contributed by atoms with Crippen molar-refractivity contribution in [2.45, 2.75) is 11.8 Å². The third-order valence-electron chi connectivity index (χ3n) is 4.11. The highest BCUT2D eigenvalue weighted by molar-refractivity contribution is 7.92. The smallest absolute Gasteiger partial charge is 0.261 e. The van der Waals surface area contributed by atoms with Crippen LogP contribution in [0.15, 0.2) is 71.6 Å². The van der Waals surface area contributed by atoms with Gasteiger partial charge in [-0.05, 0) is 67.1 Å². The van der Waals surface area contributed by atoms with E-state index >= 15 is 0 Å². The first-order valence-electron chi connectivity index (χ1n) is 8.63. The third-order valence-corrected chi connectivity index (χ3v) is 5.49. The molecule has 8 heteroatoms. The van der Waals surface area contributed by atoms with E-state index in [4.69, 9.17) is 4.74 Å². The maximum absolute atomic E-state index is 14.2. The predicted molar refractivity (Wildman–Crippen MR) is 109 cm³/mol. The van der Waals surface area contributed by atoms with Crippen LogP contribution in [-0.2, 0) is 10.0 Å². The molecule has 29 heavy (non-hydrogen) atoms. The lowest BCUT2D eigenvalue weighted by Crippen LogP contribution is -2.17. The Morgan fingerprint density at radius 3 is 2.34 bits per heavy atom. The number of anilines is 2. The van der Waals surface area contributed by atoms with E-state index in [1.54, 1.807) is 30.3 Å². The number of carbonyl (C=O) groups excluding carboxylic acids is 1. The third kappa shape index (κ3) is 4.91. The molecular weight excluding hydrogens is 395 g/mol. The Morgan fingerprint density at radius 1 is 0.966 bits per heavy atom. The molecule has 3 aromatic carbocycles. The van der Waals surface area contributed by atoms with Crippen molar-refractivity contribution in [2.75, 3.05) is 17.1 Å². The van der Waals surface area contributed by atoms with E-state index < -0.39 is 21.7 Å². The molecular formula is C21H19FN2O4S. The van der Waals surface area contributed by atoms with Crippen LogP contribution in [0.2, 0.25) is 0 Å². The van der Waals surface area contributed by atoms with Crippen LogP contribution >= 0.6 is 0 Å². The van der Waals surface area contributed by atoms with Crippen molar-refractivity contribution < 1.29 is 22.3 Å².